The number of rotatable bonds is 1. The Morgan fingerprint density at radius 3 is 2.50 bits per heavy atom. The first-order valence-electron chi connectivity index (χ1n) is 4.41. The number of benzene rings is 1. The quantitative estimate of drug-likeness (QED) is 0.784. The number of halogens is 1. The van der Waals surface area contributed by atoms with Gasteiger partial charge >= 0.3 is 0 Å². The van der Waals surface area contributed by atoms with Crippen LogP contribution in [-0.2, 0) is 0 Å². The summed E-state index contributed by atoms with van der Waals surface area (Å²) in [5, 5.41) is 17.4. The molecule has 0 spiro atoms. The summed E-state index contributed by atoms with van der Waals surface area (Å²) < 4.78 is 13.4. The summed E-state index contributed by atoms with van der Waals surface area (Å²) in [4.78, 5) is 6.46. The van der Waals surface area contributed by atoms with E-state index in [0.29, 0.717) is 0 Å². The highest BCUT2D eigenvalue weighted by molar-refractivity contribution is 5.58. The molecule has 1 heterocycles. The van der Waals surface area contributed by atoms with E-state index in [9.17, 15) is 4.39 Å². The second-order valence-corrected chi connectivity index (χ2v) is 3.01. The van der Waals surface area contributed by atoms with Gasteiger partial charge in [-0.3, -0.25) is 0 Å². The third kappa shape index (κ3) is 1.51. The second kappa shape index (κ2) is 3.84. The lowest BCUT2D eigenvalue weighted by Gasteiger charge is -1.96. The summed E-state index contributed by atoms with van der Waals surface area (Å²) in [5.74, 6) is -0.267. The number of imidazole rings is 1. The van der Waals surface area contributed by atoms with Crippen molar-refractivity contribution in [3.63, 3.8) is 0 Å². The average Bonchev–Trinajstić information content (AvgIpc) is 2.72. The molecule has 4 nitrogen and oxygen atoms in total. The normalized spacial score (nSPS) is 9.44. The topological polar surface area (TPSA) is 76.3 Å². The molecule has 0 unspecified atom stereocenters. The first kappa shape index (κ1) is 9.88. The minimum absolute atomic E-state index is 0.0271. The summed E-state index contributed by atoms with van der Waals surface area (Å²) in [6.45, 7) is 0. The number of H-pyrrole nitrogens is 1. The van der Waals surface area contributed by atoms with Gasteiger partial charge in [0, 0.05) is 0 Å². The molecule has 0 aliphatic rings. The Morgan fingerprint density at radius 2 is 1.94 bits per heavy atom. The highest BCUT2D eigenvalue weighted by atomic mass is 19.1. The Hall–Kier alpha value is -2.66. The molecular weight excluding hydrogens is 207 g/mol. The molecule has 5 heteroatoms. The van der Waals surface area contributed by atoms with Gasteiger partial charge < -0.3 is 4.98 Å². The van der Waals surface area contributed by atoms with Gasteiger partial charge in [0.1, 0.15) is 23.8 Å². The largest absolute Gasteiger partial charge is 0.329 e. The molecule has 0 bridgehead atoms. The van der Waals surface area contributed by atoms with Gasteiger partial charge in [0.15, 0.2) is 11.4 Å². The number of nitriles is 2. The maximum atomic E-state index is 13.4. The van der Waals surface area contributed by atoms with E-state index < -0.39 is 5.82 Å². The van der Waals surface area contributed by atoms with Crippen LogP contribution in [0.4, 0.5) is 4.39 Å². The van der Waals surface area contributed by atoms with Crippen molar-refractivity contribution in [2.75, 3.05) is 0 Å². The van der Waals surface area contributed by atoms with E-state index in [2.05, 4.69) is 9.97 Å². The number of hydrogen-bond donors (Lipinski definition) is 1. The molecule has 0 aliphatic carbocycles. The molecule has 0 amide bonds. The van der Waals surface area contributed by atoms with Gasteiger partial charge in [-0.25, -0.2) is 9.37 Å². The monoisotopic (exact) mass is 212 g/mol. The Kier molecular flexibility index (Phi) is 2.37. The fourth-order valence-corrected chi connectivity index (χ4v) is 1.32. The Labute approximate surface area is 90.6 Å². The Morgan fingerprint density at radius 1 is 1.19 bits per heavy atom. The fraction of sp³-hybridized carbons (Fsp3) is 0. The van der Waals surface area contributed by atoms with E-state index >= 15 is 0 Å². The van der Waals surface area contributed by atoms with Crippen molar-refractivity contribution in [1.29, 1.82) is 10.5 Å². The van der Waals surface area contributed by atoms with Crippen molar-refractivity contribution in [1.82, 2.24) is 9.97 Å². The van der Waals surface area contributed by atoms with Crippen LogP contribution < -0.4 is 0 Å². The molecule has 16 heavy (non-hydrogen) atoms. The molecule has 0 fully saturated rings. The van der Waals surface area contributed by atoms with Crippen LogP contribution >= 0.6 is 0 Å². The van der Waals surface area contributed by atoms with Gasteiger partial charge in [-0.15, -0.1) is 0 Å². The summed E-state index contributed by atoms with van der Waals surface area (Å²) >= 11 is 0. The molecule has 1 aromatic heterocycles. The zero-order valence-electron chi connectivity index (χ0n) is 8.03. The summed E-state index contributed by atoms with van der Waals surface area (Å²) in [6.07, 6.45) is 0. The van der Waals surface area contributed by atoms with Crippen molar-refractivity contribution in [2.45, 2.75) is 0 Å². The van der Waals surface area contributed by atoms with Crippen molar-refractivity contribution in [3.8, 4) is 23.5 Å². The highest BCUT2D eigenvalue weighted by Gasteiger charge is 2.13. The smallest absolute Gasteiger partial charge is 0.177 e. The summed E-state index contributed by atoms with van der Waals surface area (Å²) in [5.41, 5.74) is 0.252. The predicted octanol–water partition coefficient (Wildman–Crippen LogP) is 1.96. The molecule has 1 aromatic carbocycles. The third-order valence-electron chi connectivity index (χ3n) is 2.05. The van der Waals surface area contributed by atoms with Crippen LogP contribution in [0.15, 0.2) is 24.3 Å². The fourth-order valence-electron chi connectivity index (χ4n) is 1.32. The molecule has 0 aliphatic heterocycles. The van der Waals surface area contributed by atoms with Gasteiger partial charge in [0.05, 0.1) is 5.56 Å². The minimum Gasteiger partial charge on any atom is -0.329 e. The lowest BCUT2D eigenvalue weighted by molar-refractivity contribution is 0.630. The van der Waals surface area contributed by atoms with E-state index in [1.165, 1.54) is 12.1 Å². The highest BCUT2D eigenvalue weighted by Crippen LogP contribution is 2.20. The average molecular weight is 212 g/mol. The standard InChI is InChI=1S/C11H5FN4/c12-8-4-2-1-3-7(8)11-15-9(5-13)10(6-14)16-11/h1-4H,(H,15,16). The van der Waals surface area contributed by atoms with E-state index in [-0.39, 0.29) is 22.8 Å². The molecule has 2 rings (SSSR count). The molecule has 2 aromatic rings. The van der Waals surface area contributed by atoms with Crippen molar-refractivity contribution >= 4 is 0 Å². The zero-order valence-corrected chi connectivity index (χ0v) is 8.03. The maximum Gasteiger partial charge on any atom is 0.177 e. The van der Waals surface area contributed by atoms with Gasteiger partial charge in [-0.2, -0.15) is 10.5 Å². The van der Waals surface area contributed by atoms with Crippen LogP contribution in [0.3, 0.4) is 0 Å². The summed E-state index contributed by atoms with van der Waals surface area (Å²) in [7, 11) is 0. The molecule has 0 atom stereocenters. The van der Waals surface area contributed by atoms with Crippen molar-refractivity contribution in [3.05, 3.63) is 41.5 Å². The van der Waals surface area contributed by atoms with E-state index in [0.717, 1.165) is 0 Å². The van der Waals surface area contributed by atoms with Crippen LogP contribution in [0.25, 0.3) is 11.4 Å². The minimum atomic E-state index is -0.453. The number of aromatic nitrogens is 2. The Balaban J connectivity index is 2.60. The van der Waals surface area contributed by atoms with Crippen LogP contribution in [0, 0.1) is 28.5 Å². The number of aromatic amines is 1. The third-order valence-corrected chi connectivity index (χ3v) is 2.05. The van der Waals surface area contributed by atoms with Crippen LogP contribution in [0.2, 0.25) is 0 Å². The van der Waals surface area contributed by atoms with E-state index in [1.807, 2.05) is 0 Å². The second-order valence-electron chi connectivity index (χ2n) is 3.01. The van der Waals surface area contributed by atoms with Gasteiger partial charge in [0.25, 0.3) is 0 Å². The molecule has 0 saturated heterocycles. The van der Waals surface area contributed by atoms with Crippen LogP contribution in [-0.4, -0.2) is 9.97 Å². The molecular formula is C11H5FN4. The molecule has 0 radical (unpaired) electrons. The lowest BCUT2D eigenvalue weighted by Crippen LogP contribution is -1.85. The van der Waals surface area contributed by atoms with E-state index in [1.54, 1.807) is 24.3 Å². The predicted molar refractivity (Wildman–Crippen MR) is 53.4 cm³/mol. The number of nitrogens with one attached hydrogen (secondary N) is 1. The maximum absolute atomic E-state index is 13.4. The molecule has 0 saturated carbocycles. The molecule has 76 valence electrons. The van der Waals surface area contributed by atoms with Gasteiger partial charge in [0.2, 0.25) is 0 Å². The summed E-state index contributed by atoms with van der Waals surface area (Å²) in [6, 6.07) is 9.58. The van der Waals surface area contributed by atoms with Crippen LogP contribution in [0.5, 0.6) is 0 Å². The number of hydrogen-bond acceptors (Lipinski definition) is 3. The molecule has 1 N–H and O–H groups in total. The van der Waals surface area contributed by atoms with Crippen LogP contribution in [0.1, 0.15) is 11.4 Å². The van der Waals surface area contributed by atoms with Crippen molar-refractivity contribution < 1.29 is 4.39 Å². The van der Waals surface area contributed by atoms with Crippen molar-refractivity contribution in [2.24, 2.45) is 0 Å². The first-order valence-corrected chi connectivity index (χ1v) is 4.41. The van der Waals surface area contributed by atoms with Gasteiger partial charge in [-0.05, 0) is 12.1 Å². The number of nitrogens with zero attached hydrogens (tertiary/aromatic N) is 3. The van der Waals surface area contributed by atoms with Gasteiger partial charge in [-0.1, -0.05) is 12.1 Å². The SMILES string of the molecule is N#Cc1nc(-c2ccccc2F)[nH]c1C#N. The lowest BCUT2D eigenvalue weighted by atomic mass is 10.2. The van der Waals surface area contributed by atoms with E-state index in [4.69, 9.17) is 10.5 Å². The first-order chi connectivity index (χ1) is 7.76. The Bertz CT molecular complexity index is 584. The zero-order chi connectivity index (χ0) is 11.5.